The minimum Gasteiger partial charge on any atom is -0.464 e. The van der Waals surface area contributed by atoms with Gasteiger partial charge in [-0.1, -0.05) is 49.6 Å². The summed E-state index contributed by atoms with van der Waals surface area (Å²) in [5.41, 5.74) is 2.33. The zero-order chi connectivity index (χ0) is 27.0. The maximum Gasteiger partial charge on any atom is 0.271 e. The molecule has 2 aliphatic rings. The summed E-state index contributed by atoms with van der Waals surface area (Å²) in [6, 6.07) is 16.6. The van der Waals surface area contributed by atoms with E-state index in [2.05, 4.69) is 15.2 Å². The lowest BCUT2D eigenvalue weighted by atomic mass is 9.95. The van der Waals surface area contributed by atoms with Crippen molar-refractivity contribution in [3.8, 4) is 11.3 Å². The van der Waals surface area contributed by atoms with E-state index >= 15 is 0 Å². The number of hydrogen-bond acceptors (Lipinski definition) is 5. The molecule has 208 valence electrons. The van der Waals surface area contributed by atoms with E-state index in [9.17, 15) is 9.59 Å². The lowest BCUT2D eigenvalue weighted by molar-refractivity contribution is -0.127. The summed E-state index contributed by atoms with van der Waals surface area (Å²) >= 11 is 0. The summed E-state index contributed by atoms with van der Waals surface area (Å²) in [4.78, 5) is 35.4. The number of ether oxygens (including phenoxy) is 1. The number of furan rings is 1. The molecule has 1 aliphatic heterocycles. The molecule has 5 rings (SSSR count). The predicted molar refractivity (Wildman–Crippen MR) is 150 cm³/mol. The van der Waals surface area contributed by atoms with E-state index in [0.717, 1.165) is 76.2 Å². The van der Waals surface area contributed by atoms with E-state index in [4.69, 9.17) is 9.15 Å². The monoisotopic (exact) mass is 532 g/mol. The highest BCUT2D eigenvalue weighted by Gasteiger charge is 2.36. The Morgan fingerprint density at radius 1 is 1.03 bits per heavy atom. The lowest BCUT2D eigenvalue weighted by Crippen LogP contribution is -2.48. The van der Waals surface area contributed by atoms with Gasteiger partial charge in [0, 0.05) is 37.9 Å². The van der Waals surface area contributed by atoms with Gasteiger partial charge in [0.15, 0.2) is 6.04 Å². The van der Waals surface area contributed by atoms with E-state index in [1.54, 1.807) is 4.90 Å². The Hall–Kier alpha value is -3.36. The van der Waals surface area contributed by atoms with E-state index in [1.165, 1.54) is 6.42 Å². The summed E-state index contributed by atoms with van der Waals surface area (Å²) in [6.07, 6.45) is 6.11. The lowest BCUT2D eigenvalue weighted by Gasteiger charge is -2.33. The minimum atomic E-state index is -0.846. The number of aromatic nitrogens is 1. The van der Waals surface area contributed by atoms with Crippen LogP contribution in [0, 0.1) is 6.92 Å². The molecule has 1 unspecified atom stereocenters. The molecule has 2 fully saturated rings. The molecule has 2 N–H and O–H groups in total. The molecule has 1 aromatic carbocycles. The van der Waals surface area contributed by atoms with Crippen LogP contribution in [0.25, 0.3) is 11.3 Å². The molecule has 1 saturated heterocycles. The summed E-state index contributed by atoms with van der Waals surface area (Å²) < 4.78 is 11.5. The predicted octanol–water partition coefficient (Wildman–Crippen LogP) is 4.94. The first-order valence-electron chi connectivity index (χ1n) is 14.3. The highest BCUT2D eigenvalue weighted by molar-refractivity contribution is 5.97. The largest absolute Gasteiger partial charge is 0.464 e. The van der Waals surface area contributed by atoms with E-state index in [1.807, 2.05) is 61.5 Å². The molecule has 0 bridgehead atoms. The number of H-pyrrole nitrogens is 1. The van der Waals surface area contributed by atoms with Gasteiger partial charge in [-0.3, -0.25) is 14.5 Å². The summed E-state index contributed by atoms with van der Waals surface area (Å²) in [5.74, 6) is 0.825. The molecule has 2 aromatic heterocycles. The van der Waals surface area contributed by atoms with Crippen molar-refractivity contribution in [2.24, 2.45) is 0 Å². The number of nitrogens with zero attached hydrogens (tertiary/aromatic N) is 2. The molecule has 0 spiro atoms. The number of aryl methyl sites for hydroxylation is 1. The van der Waals surface area contributed by atoms with Crippen molar-refractivity contribution in [2.45, 2.75) is 57.5 Å². The highest BCUT2D eigenvalue weighted by Crippen LogP contribution is 2.28. The summed E-state index contributed by atoms with van der Waals surface area (Å²) in [7, 11) is 0. The first kappa shape index (κ1) is 27.2. The molecular weight excluding hydrogens is 492 g/mol. The Morgan fingerprint density at radius 2 is 1.79 bits per heavy atom. The van der Waals surface area contributed by atoms with Crippen molar-refractivity contribution in [2.75, 3.05) is 39.4 Å². The Balaban J connectivity index is 1.41. The molecule has 1 aliphatic carbocycles. The van der Waals surface area contributed by atoms with Crippen LogP contribution in [-0.4, -0.2) is 72.0 Å². The van der Waals surface area contributed by atoms with E-state index in [-0.39, 0.29) is 17.9 Å². The van der Waals surface area contributed by atoms with Crippen molar-refractivity contribution in [3.05, 3.63) is 71.8 Å². The molecule has 39 heavy (non-hydrogen) atoms. The Labute approximate surface area is 230 Å². The fourth-order valence-electron chi connectivity index (χ4n) is 5.65. The molecule has 2 amide bonds. The van der Waals surface area contributed by atoms with Gasteiger partial charge in [-0.2, -0.15) is 0 Å². The quantitative estimate of drug-likeness (QED) is 0.386. The molecule has 1 atom stereocenters. The van der Waals surface area contributed by atoms with Gasteiger partial charge in [-0.25, -0.2) is 0 Å². The van der Waals surface area contributed by atoms with Crippen molar-refractivity contribution in [1.82, 2.24) is 20.1 Å². The number of nitrogens with one attached hydrogen (secondary N) is 2. The van der Waals surface area contributed by atoms with Gasteiger partial charge in [-0.05, 0) is 56.0 Å². The SMILES string of the molecule is Cc1ccc(C(C(=O)NC2CCCCC2)N(CCCN2CCOCC2)C(=O)c2ccc(-c3ccccc3)[nH]2)o1. The zero-order valence-corrected chi connectivity index (χ0v) is 22.9. The molecule has 3 aromatic rings. The molecule has 8 nitrogen and oxygen atoms in total. The average molecular weight is 533 g/mol. The number of benzene rings is 1. The number of aromatic amines is 1. The van der Waals surface area contributed by atoms with Crippen LogP contribution in [0.1, 0.15) is 66.6 Å². The van der Waals surface area contributed by atoms with Gasteiger partial charge < -0.3 is 24.4 Å². The number of carbonyl (C=O) groups excluding carboxylic acids is 2. The van der Waals surface area contributed by atoms with Crippen LogP contribution in [-0.2, 0) is 9.53 Å². The van der Waals surface area contributed by atoms with Crippen molar-refractivity contribution in [1.29, 1.82) is 0 Å². The Morgan fingerprint density at radius 3 is 2.51 bits per heavy atom. The second kappa shape index (κ2) is 13.1. The minimum absolute atomic E-state index is 0.130. The van der Waals surface area contributed by atoms with Crippen LogP contribution in [0.3, 0.4) is 0 Å². The van der Waals surface area contributed by atoms with Gasteiger partial charge in [0.05, 0.1) is 13.2 Å². The summed E-state index contributed by atoms with van der Waals surface area (Å²) in [6.45, 7) is 6.35. The number of carbonyl (C=O) groups is 2. The van der Waals surface area contributed by atoms with Crippen LogP contribution >= 0.6 is 0 Å². The molecule has 0 radical (unpaired) electrons. The van der Waals surface area contributed by atoms with Gasteiger partial charge in [-0.15, -0.1) is 0 Å². The molecule has 1 saturated carbocycles. The number of rotatable bonds is 10. The normalized spacial score (nSPS) is 17.6. The van der Waals surface area contributed by atoms with Crippen molar-refractivity contribution in [3.63, 3.8) is 0 Å². The molecule has 8 heteroatoms. The standard InChI is InChI=1S/C31H40N4O4/c1-23-13-16-28(39-23)29(30(36)32-25-11-6-3-7-12-25)35(18-8-17-34-19-21-38-22-20-34)31(37)27-15-14-26(33-27)24-9-4-2-5-10-24/h2,4-5,9-10,13-16,25,29,33H,3,6-8,11-12,17-22H2,1H3,(H,32,36). The van der Waals surface area contributed by atoms with Crippen LogP contribution in [0.15, 0.2) is 59.0 Å². The Bertz CT molecular complexity index is 1210. The number of hydrogen-bond donors (Lipinski definition) is 2. The van der Waals surface area contributed by atoms with Crippen molar-refractivity contribution >= 4 is 11.8 Å². The second-order valence-electron chi connectivity index (χ2n) is 10.7. The van der Waals surface area contributed by atoms with Crippen molar-refractivity contribution < 1.29 is 18.7 Å². The second-order valence-corrected chi connectivity index (χ2v) is 10.7. The van der Waals surface area contributed by atoms with Gasteiger partial charge in [0.2, 0.25) is 0 Å². The van der Waals surface area contributed by atoms with Crippen LogP contribution < -0.4 is 5.32 Å². The Kier molecular flexibility index (Phi) is 9.16. The zero-order valence-electron chi connectivity index (χ0n) is 22.9. The van der Waals surface area contributed by atoms with Crippen LogP contribution in [0.5, 0.6) is 0 Å². The fraction of sp³-hybridized carbons (Fsp3) is 0.484. The molecule has 3 heterocycles. The average Bonchev–Trinajstić information content (AvgIpc) is 3.63. The summed E-state index contributed by atoms with van der Waals surface area (Å²) in [5, 5.41) is 3.25. The topological polar surface area (TPSA) is 90.8 Å². The molecular formula is C31H40N4O4. The first-order chi connectivity index (χ1) is 19.1. The smallest absolute Gasteiger partial charge is 0.271 e. The van der Waals surface area contributed by atoms with Gasteiger partial charge in [0.1, 0.15) is 17.2 Å². The highest BCUT2D eigenvalue weighted by atomic mass is 16.5. The first-order valence-corrected chi connectivity index (χ1v) is 14.3. The number of amides is 2. The van der Waals surface area contributed by atoms with Gasteiger partial charge >= 0.3 is 0 Å². The third kappa shape index (κ3) is 6.99. The maximum absolute atomic E-state index is 14.1. The third-order valence-electron chi connectivity index (χ3n) is 7.78. The van der Waals surface area contributed by atoms with Gasteiger partial charge in [0.25, 0.3) is 11.8 Å². The van der Waals surface area contributed by atoms with Crippen LogP contribution in [0.4, 0.5) is 0 Å². The maximum atomic E-state index is 14.1. The number of morpholine rings is 1. The van der Waals surface area contributed by atoms with Crippen LogP contribution in [0.2, 0.25) is 0 Å². The third-order valence-corrected chi connectivity index (χ3v) is 7.78. The fourth-order valence-corrected chi connectivity index (χ4v) is 5.65. The van der Waals surface area contributed by atoms with E-state index < -0.39 is 6.04 Å². The van der Waals surface area contributed by atoms with E-state index in [0.29, 0.717) is 23.8 Å².